The lowest BCUT2D eigenvalue weighted by molar-refractivity contribution is 0.258. The Hall–Kier alpha value is -1.13. The van der Waals surface area contributed by atoms with E-state index in [1.807, 2.05) is 13.0 Å². The van der Waals surface area contributed by atoms with Gasteiger partial charge in [-0.1, -0.05) is 6.92 Å². The summed E-state index contributed by atoms with van der Waals surface area (Å²) in [7, 11) is 0. The molecule has 3 nitrogen and oxygen atoms in total. The van der Waals surface area contributed by atoms with Crippen LogP contribution in [-0.2, 0) is 0 Å². The number of nitrogens with two attached hydrogens (primary N) is 1. The molecule has 19 heavy (non-hydrogen) atoms. The lowest BCUT2D eigenvalue weighted by atomic mass is 10.0. The molecule has 2 rings (SSSR count). The molecule has 0 unspecified atom stereocenters. The monoisotopic (exact) mass is 265 g/mol. The number of hydrogen-bond acceptors (Lipinski definition) is 3. The molecule has 0 aliphatic carbocycles. The van der Waals surface area contributed by atoms with Gasteiger partial charge >= 0.3 is 0 Å². The Labute approximate surface area is 115 Å². The normalized spacial score (nSPS) is 18.6. The minimum Gasteiger partial charge on any atom is -0.369 e. The van der Waals surface area contributed by atoms with Crippen LogP contribution in [0, 0.1) is 5.82 Å². The number of nitrogens with zero attached hydrogens (tertiary/aromatic N) is 2. The second-order valence-electron chi connectivity index (χ2n) is 5.32. The molecule has 0 amide bonds. The highest BCUT2D eigenvalue weighted by Crippen LogP contribution is 2.27. The van der Waals surface area contributed by atoms with Crippen molar-refractivity contribution >= 4 is 5.69 Å². The Kier molecular flexibility index (Phi) is 4.77. The fourth-order valence-corrected chi connectivity index (χ4v) is 2.71. The van der Waals surface area contributed by atoms with Crippen LogP contribution in [0.15, 0.2) is 18.2 Å². The van der Waals surface area contributed by atoms with Gasteiger partial charge in [-0.05, 0) is 43.7 Å². The number of benzene rings is 1. The summed E-state index contributed by atoms with van der Waals surface area (Å²) in [6, 6.07) is 4.82. The predicted octanol–water partition coefficient (Wildman–Crippen LogP) is 2.38. The smallest absolute Gasteiger partial charge is 0.123 e. The molecule has 1 aliphatic rings. The fraction of sp³-hybridized carbons (Fsp3) is 0.600. The zero-order valence-electron chi connectivity index (χ0n) is 11.9. The van der Waals surface area contributed by atoms with Gasteiger partial charge in [0.15, 0.2) is 0 Å². The van der Waals surface area contributed by atoms with Crippen LogP contribution in [-0.4, -0.2) is 37.6 Å². The van der Waals surface area contributed by atoms with Crippen LogP contribution in [0.1, 0.15) is 31.9 Å². The van der Waals surface area contributed by atoms with Gasteiger partial charge < -0.3 is 10.6 Å². The van der Waals surface area contributed by atoms with E-state index < -0.39 is 0 Å². The van der Waals surface area contributed by atoms with E-state index in [0.717, 1.165) is 44.0 Å². The van der Waals surface area contributed by atoms with Crippen molar-refractivity contribution in [3.63, 3.8) is 0 Å². The highest BCUT2D eigenvalue weighted by atomic mass is 19.1. The highest BCUT2D eigenvalue weighted by Gasteiger charge is 2.20. The van der Waals surface area contributed by atoms with Crippen LogP contribution in [0.4, 0.5) is 10.1 Å². The summed E-state index contributed by atoms with van der Waals surface area (Å²) in [6.45, 7) is 9.41. The first-order valence-corrected chi connectivity index (χ1v) is 7.14. The second-order valence-corrected chi connectivity index (χ2v) is 5.32. The van der Waals surface area contributed by atoms with Crippen LogP contribution in [0.3, 0.4) is 0 Å². The van der Waals surface area contributed by atoms with Crippen LogP contribution in [0.2, 0.25) is 0 Å². The standard InChI is InChI=1S/C15H24FN3/c1-3-6-18-7-9-19(10-8-18)15-5-4-13(16)11-14(15)12(2)17/h4-5,11-12H,3,6-10,17H2,1-2H3/t12-/m1/s1. The van der Waals surface area contributed by atoms with Gasteiger partial charge in [0.2, 0.25) is 0 Å². The van der Waals surface area contributed by atoms with Gasteiger partial charge in [-0.3, -0.25) is 4.90 Å². The zero-order chi connectivity index (χ0) is 13.8. The third-order valence-electron chi connectivity index (χ3n) is 3.73. The maximum Gasteiger partial charge on any atom is 0.123 e. The van der Waals surface area contributed by atoms with Gasteiger partial charge in [0.1, 0.15) is 5.82 Å². The van der Waals surface area contributed by atoms with Gasteiger partial charge in [0, 0.05) is 37.9 Å². The molecule has 2 N–H and O–H groups in total. The lowest BCUT2D eigenvalue weighted by Gasteiger charge is -2.37. The molecule has 1 saturated heterocycles. The van der Waals surface area contributed by atoms with E-state index in [0.29, 0.717) is 0 Å². The maximum absolute atomic E-state index is 13.4. The molecule has 1 aromatic carbocycles. The quantitative estimate of drug-likeness (QED) is 0.907. The predicted molar refractivity (Wildman–Crippen MR) is 77.9 cm³/mol. The largest absolute Gasteiger partial charge is 0.369 e. The Morgan fingerprint density at radius 3 is 2.53 bits per heavy atom. The number of halogens is 1. The first-order chi connectivity index (χ1) is 9.11. The van der Waals surface area contributed by atoms with E-state index in [1.165, 1.54) is 12.5 Å². The Morgan fingerprint density at radius 1 is 1.26 bits per heavy atom. The van der Waals surface area contributed by atoms with Crippen LogP contribution in [0.25, 0.3) is 0 Å². The molecule has 0 spiro atoms. The van der Waals surface area contributed by atoms with E-state index >= 15 is 0 Å². The summed E-state index contributed by atoms with van der Waals surface area (Å²) in [4.78, 5) is 4.80. The average molecular weight is 265 g/mol. The Bertz CT molecular complexity index is 412. The molecule has 0 saturated carbocycles. The molecular weight excluding hydrogens is 241 g/mol. The summed E-state index contributed by atoms with van der Waals surface area (Å²) < 4.78 is 13.4. The summed E-state index contributed by atoms with van der Waals surface area (Å²) in [5.74, 6) is -0.208. The minimum atomic E-state index is -0.208. The molecule has 1 fully saturated rings. The van der Waals surface area contributed by atoms with Gasteiger partial charge in [-0.15, -0.1) is 0 Å². The van der Waals surface area contributed by atoms with Crippen molar-refractivity contribution in [3.8, 4) is 0 Å². The number of anilines is 1. The average Bonchev–Trinajstić information content (AvgIpc) is 2.40. The van der Waals surface area contributed by atoms with Gasteiger partial charge in [-0.2, -0.15) is 0 Å². The second kappa shape index (κ2) is 6.35. The molecule has 0 aromatic heterocycles. The molecule has 106 valence electrons. The van der Waals surface area contributed by atoms with E-state index in [1.54, 1.807) is 6.07 Å². The summed E-state index contributed by atoms with van der Waals surface area (Å²) in [5, 5.41) is 0. The first-order valence-electron chi connectivity index (χ1n) is 7.14. The Morgan fingerprint density at radius 2 is 1.95 bits per heavy atom. The molecule has 4 heteroatoms. The SMILES string of the molecule is CCCN1CCN(c2ccc(F)cc2[C@@H](C)N)CC1. The Balaban J connectivity index is 2.11. The fourth-order valence-electron chi connectivity index (χ4n) is 2.71. The summed E-state index contributed by atoms with van der Waals surface area (Å²) in [5.41, 5.74) is 7.96. The van der Waals surface area contributed by atoms with E-state index in [4.69, 9.17) is 5.73 Å². The zero-order valence-corrected chi connectivity index (χ0v) is 11.9. The van der Waals surface area contributed by atoms with Crippen LogP contribution < -0.4 is 10.6 Å². The van der Waals surface area contributed by atoms with E-state index in [-0.39, 0.29) is 11.9 Å². The van der Waals surface area contributed by atoms with Crippen LogP contribution in [0.5, 0.6) is 0 Å². The highest BCUT2D eigenvalue weighted by molar-refractivity contribution is 5.55. The molecule has 1 aliphatic heterocycles. The van der Waals surface area contributed by atoms with E-state index in [9.17, 15) is 4.39 Å². The molecule has 0 radical (unpaired) electrons. The molecule has 0 bridgehead atoms. The molecule has 1 heterocycles. The van der Waals surface area contributed by atoms with Crippen molar-refractivity contribution in [1.29, 1.82) is 0 Å². The lowest BCUT2D eigenvalue weighted by Crippen LogP contribution is -2.47. The number of piperazine rings is 1. The van der Waals surface area contributed by atoms with Crippen molar-refractivity contribution in [2.75, 3.05) is 37.6 Å². The van der Waals surface area contributed by atoms with Crippen molar-refractivity contribution in [1.82, 2.24) is 4.90 Å². The first kappa shape index (κ1) is 14.3. The minimum absolute atomic E-state index is 0.139. The number of hydrogen-bond donors (Lipinski definition) is 1. The number of rotatable bonds is 4. The topological polar surface area (TPSA) is 32.5 Å². The molecular formula is C15H24FN3. The van der Waals surface area contributed by atoms with Crippen molar-refractivity contribution in [3.05, 3.63) is 29.6 Å². The molecule has 1 aromatic rings. The van der Waals surface area contributed by atoms with E-state index in [2.05, 4.69) is 16.7 Å². The third-order valence-corrected chi connectivity index (χ3v) is 3.73. The molecule has 1 atom stereocenters. The summed E-state index contributed by atoms with van der Waals surface area (Å²) >= 11 is 0. The summed E-state index contributed by atoms with van der Waals surface area (Å²) in [6.07, 6.45) is 1.20. The van der Waals surface area contributed by atoms with Crippen molar-refractivity contribution < 1.29 is 4.39 Å². The van der Waals surface area contributed by atoms with Crippen molar-refractivity contribution in [2.24, 2.45) is 5.73 Å². The van der Waals surface area contributed by atoms with Crippen molar-refractivity contribution in [2.45, 2.75) is 26.3 Å². The van der Waals surface area contributed by atoms with Crippen LogP contribution >= 0.6 is 0 Å². The third kappa shape index (κ3) is 3.45. The maximum atomic E-state index is 13.4. The van der Waals surface area contributed by atoms with Gasteiger partial charge in [-0.25, -0.2) is 4.39 Å². The van der Waals surface area contributed by atoms with Gasteiger partial charge in [0.25, 0.3) is 0 Å². The van der Waals surface area contributed by atoms with Gasteiger partial charge in [0.05, 0.1) is 0 Å².